The van der Waals surface area contributed by atoms with E-state index in [4.69, 9.17) is 9.84 Å². The normalized spacial score (nSPS) is 20.2. The Bertz CT molecular complexity index is 716. The number of carbonyl (C=O) groups excluding carboxylic acids is 1. The highest BCUT2D eigenvalue weighted by molar-refractivity contribution is 5.96. The maximum absolute atomic E-state index is 12.8. The second kappa shape index (κ2) is 7.69. The summed E-state index contributed by atoms with van der Waals surface area (Å²) in [5.74, 6) is -1.43. The molecule has 3 rings (SSSR count). The van der Waals surface area contributed by atoms with Crippen LogP contribution in [0, 0.1) is 10.1 Å². The van der Waals surface area contributed by atoms with Crippen molar-refractivity contribution in [3.63, 3.8) is 0 Å². The molecule has 0 radical (unpaired) electrons. The number of nitrogens with zero attached hydrogens (tertiary/aromatic N) is 3. The highest BCUT2D eigenvalue weighted by Crippen LogP contribution is 2.32. The predicted octanol–water partition coefficient (Wildman–Crippen LogP) is 1.51. The number of anilines is 1. The number of rotatable bonds is 5. The van der Waals surface area contributed by atoms with Crippen molar-refractivity contribution in [1.29, 1.82) is 0 Å². The van der Waals surface area contributed by atoms with Crippen molar-refractivity contribution in [2.24, 2.45) is 0 Å². The summed E-state index contributed by atoms with van der Waals surface area (Å²) in [7, 11) is 0. The fourth-order valence-electron chi connectivity index (χ4n) is 3.49. The monoisotopic (exact) mass is 363 g/mol. The number of hydrogen-bond acceptors (Lipinski definition) is 6. The van der Waals surface area contributed by atoms with E-state index >= 15 is 0 Å². The molecule has 9 nitrogen and oxygen atoms in total. The van der Waals surface area contributed by atoms with E-state index in [0.717, 1.165) is 25.9 Å². The van der Waals surface area contributed by atoms with Crippen molar-refractivity contribution in [3.05, 3.63) is 33.9 Å². The van der Waals surface area contributed by atoms with Crippen LogP contribution in [0.3, 0.4) is 0 Å². The number of nitro groups is 1. The number of aliphatic carboxylic acids is 1. The number of nitro benzene ring substituents is 1. The van der Waals surface area contributed by atoms with Crippen LogP contribution in [-0.2, 0) is 9.53 Å². The van der Waals surface area contributed by atoms with Crippen molar-refractivity contribution in [3.8, 4) is 0 Å². The van der Waals surface area contributed by atoms with Crippen LogP contribution in [0.4, 0.5) is 11.4 Å². The zero-order valence-electron chi connectivity index (χ0n) is 14.3. The minimum absolute atomic E-state index is 0.0965. The van der Waals surface area contributed by atoms with Crippen LogP contribution in [0.25, 0.3) is 0 Å². The molecule has 0 spiro atoms. The van der Waals surface area contributed by atoms with Crippen LogP contribution in [-0.4, -0.2) is 65.7 Å². The second-order valence-corrected chi connectivity index (χ2v) is 6.48. The maximum Gasteiger partial charge on any atom is 0.305 e. The Labute approximate surface area is 150 Å². The first kappa shape index (κ1) is 18.1. The van der Waals surface area contributed by atoms with E-state index in [1.54, 1.807) is 12.1 Å². The van der Waals surface area contributed by atoms with Gasteiger partial charge in [-0.05, 0) is 25.0 Å². The summed E-state index contributed by atoms with van der Waals surface area (Å²) in [5, 5.41) is 20.5. The zero-order chi connectivity index (χ0) is 18.7. The van der Waals surface area contributed by atoms with Crippen LogP contribution in [0.15, 0.2) is 18.2 Å². The summed E-state index contributed by atoms with van der Waals surface area (Å²) < 4.78 is 5.28. The fourth-order valence-corrected chi connectivity index (χ4v) is 3.49. The molecule has 1 unspecified atom stereocenters. The molecule has 0 bridgehead atoms. The highest BCUT2D eigenvalue weighted by Gasteiger charge is 2.31. The maximum atomic E-state index is 12.8. The summed E-state index contributed by atoms with van der Waals surface area (Å²) in [4.78, 5) is 38.3. The molecule has 1 N–H and O–H groups in total. The Kier molecular flexibility index (Phi) is 5.36. The van der Waals surface area contributed by atoms with Crippen molar-refractivity contribution in [1.82, 2.24) is 4.90 Å². The Morgan fingerprint density at radius 3 is 2.65 bits per heavy atom. The average molecular weight is 363 g/mol. The standard InChI is InChI=1S/C17H21N3O6/c21-16(22)10-13-11-26-8-7-19(13)17(23)12-3-4-14(15(9-12)20(24)25)18-5-1-2-6-18/h3-4,9,13H,1-2,5-8,10-11H2,(H,21,22). The van der Waals surface area contributed by atoms with Gasteiger partial charge >= 0.3 is 5.97 Å². The highest BCUT2D eigenvalue weighted by atomic mass is 16.6. The molecule has 1 amide bonds. The number of carbonyl (C=O) groups is 2. The molecular weight excluding hydrogens is 342 g/mol. The van der Waals surface area contributed by atoms with Crippen molar-refractivity contribution < 1.29 is 24.4 Å². The van der Waals surface area contributed by atoms with Crippen LogP contribution >= 0.6 is 0 Å². The van der Waals surface area contributed by atoms with Gasteiger partial charge in [0.15, 0.2) is 0 Å². The molecule has 1 aromatic carbocycles. The predicted molar refractivity (Wildman–Crippen MR) is 92.4 cm³/mol. The van der Waals surface area contributed by atoms with Crippen LogP contribution in [0.1, 0.15) is 29.6 Å². The molecule has 2 fully saturated rings. The lowest BCUT2D eigenvalue weighted by Crippen LogP contribution is -2.49. The van der Waals surface area contributed by atoms with Gasteiger partial charge in [-0.3, -0.25) is 19.7 Å². The van der Waals surface area contributed by atoms with Gasteiger partial charge < -0.3 is 19.6 Å². The molecule has 1 aromatic rings. The fraction of sp³-hybridized carbons (Fsp3) is 0.529. The molecule has 1 atom stereocenters. The molecule has 2 aliphatic rings. The summed E-state index contributed by atoms with van der Waals surface area (Å²) >= 11 is 0. The van der Waals surface area contributed by atoms with Gasteiger partial charge in [0.25, 0.3) is 11.6 Å². The number of ether oxygens (including phenoxy) is 1. The van der Waals surface area contributed by atoms with Gasteiger partial charge in [0.1, 0.15) is 5.69 Å². The Morgan fingerprint density at radius 1 is 1.27 bits per heavy atom. The summed E-state index contributed by atoms with van der Waals surface area (Å²) in [6.07, 6.45) is 1.75. The minimum atomic E-state index is -1.02. The van der Waals surface area contributed by atoms with E-state index in [-0.39, 0.29) is 30.8 Å². The van der Waals surface area contributed by atoms with Gasteiger partial charge in [0.05, 0.1) is 30.6 Å². The first-order valence-electron chi connectivity index (χ1n) is 8.61. The van der Waals surface area contributed by atoms with Crippen molar-refractivity contribution in [2.45, 2.75) is 25.3 Å². The molecule has 2 saturated heterocycles. The third kappa shape index (κ3) is 3.77. The minimum Gasteiger partial charge on any atom is -0.481 e. The summed E-state index contributed by atoms with van der Waals surface area (Å²) in [6.45, 7) is 2.25. The number of benzene rings is 1. The molecule has 0 aromatic heterocycles. The molecule has 2 heterocycles. The summed E-state index contributed by atoms with van der Waals surface area (Å²) in [6, 6.07) is 3.91. The Morgan fingerprint density at radius 2 is 2.00 bits per heavy atom. The lowest BCUT2D eigenvalue weighted by Gasteiger charge is -2.35. The molecule has 0 aliphatic carbocycles. The average Bonchev–Trinajstić information content (AvgIpc) is 3.15. The van der Waals surface area contributed by atoms with Gasteiger partial charge in [0.2, 0.25) is 0 Å². The van der Waals surface area contributed by atoms with Crippen molar-refractivity contribution >= 4 is 23.3 Å². The van der Waals surface area contributed by atoms with Gasteiger partial charge in [-0.25, -0.2) is 0 Å². The Hall–Kier alpha value is -2.68. The van der Waals surface area contributed by atoms with Gasteiger partial charge in [-0.15, -0.1) is 0 Å². The Balaban J connectivity index is 1.87. The molecule has 140 valence electrons. The quantitative estimate of drug-likeness (QED) is 0.623. The van der Waals surface area contributed by atoms with E-state index in [2.05, 4.69) is 0 Å². The zero-order valence-corrected chi connectivity index (χ0v) is 14.3. The van der Waals surface area contributed by atoms with E-state index in [9.17, 15) is 19.7 Å². The first-order chi connectivity index (χ1) is 12.5. The molecule has 9 heteroatoms. The number of morpholine rings is 1. The first-order valence-corrected chi connectivity index (χ1v) is 8.61. The number of amides is 1. The topological polar surface area (TPSA) is 113 Å². The lowest BCUT2D eigenvalue weighted by atomic mass is 10.1. The van der Waals surface area contributed by atoms with Crippen LogP contribution < -0.4 is 4.90 Å². The van der Waals surface area contributed by atoms with E-state index in [0.29, 0.717) is 12.3 Å². The SMILES string of the molecule is O=C(O)CC1COCCN1C(=O)c1ccc(N2CCCC2)c([N+](=O)[O-])c1. The van der Waals surface area contributed by atoms with E-state index in [1.165, 1.54) is 11.0 Å². The molecule has 26 heavy (non-hydrogen) atoms. The molecule has 2 aliphatic heterocycles. The van der Waals surface area contributed by atoms with Crippen LogP contribution in [0.2, 0.25) is 0 Å². The lowest BCUT2D eigenvalue weighted by molar-refractivity contribution is -0.384. The third-order valence-electron chi connectivity index (χ3n) is 4.76. The summed E-state index contributed by atoms with van der Waals surface area (Å²) in [5.41, 5.74) is 0.617. The van der Waals surface area contributed by atoms with E-state index < -0.39 is 22.8 Å². The van der Waals surface area contributed by atoms with Crippen LogP contribution in [0.5, 0.6) is 0 Å². The van der Waals surface area contributed by atoms with Gasteiger partial charge in [-0.1, -0.05) is 0 Å². The smallest absolute Gasteiger partial charge is 0.305 e. The third-order valence-corrected chi connectivity index (χ3v) is 4.76. The molecular formula is C17H21N3O6. The van der Waals surface area contributed by atoms with Gasteiger partial charge in [-0.2, -0.15) is 0 Å². The second-order valence-electron chi connectivity index (χ2n) is 6.48. The number of carboxylic acid groups (broad SMARTS) is 1. The number of hydrogen-bond donors (Lipinski definition) is 1. The largest absolute Gasteiger partial charge is 0.481 e. The number of carboxylic acids is 1. The molecule has 0 saturated carbocycles. The van der Waals surface area contributed by atoms with E-state index in [1.807, 2.05) is 4.90 Å². The van der Waals surface area contributed by atoms with Gasteiger partial charge in [0, 0.05) is 31.3 Å². The van der Waals surface area contributed by atoms with Crippen molar-refractivity contribution in [2.75, 3.05) is 37.7 Å².